The van der Waals surface area contributed by atoms with Crippen LogP contribution in [-0.2, 0) is 4.74 Å². The van der Waals surface area contributed by atoms with Crippen LogP contribution in [0.25, 0.3) is 0 Å². The second-order valence-corrected chi connectivity index (χ2v) is 5.65. The molecule has 5 nitrogen and oxygen atoms in total. The number of carboxylic acids is 1. The molecule has 1 aliphatic carbocycles. The lowest BCUT2D eigenvalue weighted by molar-refractivity contribution is -0.153. The second kappa shape index (κ2) is 4.98. The van der Waals surface area contributed by atoms with Gasteiger partial charge in [-0.2, -0.15) is 0 Å². The summed E-state index contributed by atoms with van der Waals surface area (Å²) in [6, 6.07) is 4.82. The number of carboxylic acid groups (broad SMARTS) is 1. The van der Waals surface area contributed by atoms with E-state index >= 15 is 0 Å². The summed E-state index contributed by atoms with van der Waals surface area (Å²) in [6.45, 7) is 0.666. The predicted octanol–water partition coefficient (Wildman–Crippen LogP) is 2.45. The summed E-state index contributed by atoms with van der Waals surface area (Å²) in [5.41, 5.74) is 6.34. The van der Waals surface area contributed by atoms with E-state index in [0.717, 1.165) is 25.7 Å². The van der Waals surface area contributed by atoms with Crippen molar-refractivity contribution in [3.63, 3.8) is 0 Å². The molecule has 0 radical (unpaired) electrons. The first-order valence-electron chi connectivity index (χ1n) is 7.02. The van der Waals surface area contributed by atoms with E-state index in [1.54, 1.807) is 12.1 Å². The van der Waals surface area contributed by atoms with Crippen LogP contribution in [0.1, 0.15) is 42.5 Å². The van der Waals surface area contributed by atoms with Gasteiger partial charge >= 0.3 is 5.97 Å². The number of rotatable bonds is 3. The topological polar surface area (TPSA) is 81.8 Å². The lowest BCUT2D eigenvalue weighted by Gasteiger charge is -2.47. The van der Waals surface area contributed by atoms with E-state index in [4.69, 9.17) is 15.2 Å². The fourth-order valence-electron chi connectivity index (χ4n) is 3.02. The molecule has 1 saturated carbocycles. The van der Waals surface area contributed by atoms with Crippen molar-refractivity contribution in [2.24, 2.45) is 0 Å². The minimum absolute atomic E-state index is 0.0214. The molecular formula is C15H19NO4. The van der Waals surface area contributed by atoms with Crippen LogP contribution in [0.5, 0.6) is 5.75 Å². The van der Waals surface area contributed by atoms with Gasteiger partial charge in [-0.05, 0) is 31.4 Å². The molecule has 1 heterocycles. The summed E-state index contributed by atoms with van der Waals surface area (Å²) < 4.78 is 11.8. The van der Waals surface area contributed by atoms with Gasteiger partial charge in [-0.3, -0.25) is 0 Å². The van der Waals surface area contributed by atoms with Crippen molar-refractivity contribution in [1.82, 2.24) is 0 Å². The van der Waals surface area contributed by atoms with Gasteiger partial charge in [0.05, 0.1) is 17.9 Å². The Balaban J connectivity index is 1.79. The number of nitrogen functional groups attached to an aromatic ring is 1. The number of anilines is 1. The van der Waals surface area contributed by atoms with Crippen LogP contribution in [0, 0.1) is 0 Å². The lowest BCUT2D eigenvalue weighted by atomic mass is 9.74. The maximum atomic E-state index is 11.3. The summed E-state index contributed by atoms with van der Waals surface area (Å²) in [5, 5.41) is 9.22. The van der Waals surface area contributed by atoms with Crippen molar-refractivity contribution >= 4 is 11.7 Å². The van der Waals surface area contributed by atoms with Crippen LogP contribution in [0.3, 0.4) is 0 Å². The summed E-state index contributed by atoms with van der Waals surface area (Å²) in [5.74, 6) is -0.723. The molecule has 1 aliphatic heterocycles. The molecule has 0 aromatic heterocycles. The normalized spacial score (nSPS) is 24.1. The Bertz CT molecular complexity index is 525. The van der Waals surface area contributed by atoms with Crippen LogP contribution in [0.4, 0.5) is 5.69 Å². The number of aromatic carboxylic acids is 1. The third kappa shape index (κ3) is 2.33. The number of ether oxygens (including phenoxy) is 2. The third-order valence-electron chi connectivity index (χ3n) is 4.27. The predicted molar refractivity (Wildman–Crippen MR) is 74.0 cm³/mol. The fourth-order valence-corrected chi connectivity index (χ4v) is 3.02. The Morgan fingerprint density at radius 3 is 2.90 bits per heavy atom. The minimum atomic E-state index is -1.02. The molecular weight excluding hydrogens is 258 g/mol. The van der Waals surface area contributed by atoms with E-state index in [-0.39, 0.29) is 17.3 Å². The first-order valence-corrected chi connectivity index (χ1v) is 7.02. The molecule has 20 heavy (non-hydrogen) atoms. The van der Waals surface area contributed by atoms with Gasteiger partial charge in [0.25, 0.3) is 0 Å². The van der Waals surface area contributed by atoms with Crippen LogP contribution >= 0.6 is 0 Å². The van der Waals surface area contributed by atoms with E-state index in [1.807, 2.05) is 0 Å². The molecule has 1 saturated heterocycles. The molecule has 0 bridgehead atoms. The van der Waals surface area contributed by atoms with Crippen molar-refractivity contribution in [2.45, 2.75) is 43.8 Å². The first kappa shape index (κ1) is 13.2. The van der Waals surface area contributed by atoms with Gasteiger partial charge in [-0.1, -0.05) is 6.07 Å². The van der Waals surface area contributed by atoms with E-state index < -0.39 is 5.97 Å². The van der Waals surface area contributed by atoms with Gasteiger partial charge in [-0.15, -0.1) is 0 Å². The number of hydrogen-bond acceptors (Lipinski definition) is 4. The Morgan fingerprint density at radius 2 is 2.25 bits per heavy atom. The highest BCUT2D eigenvalue weighted by atomic mass is 16.5. The summed E-state index contributed by atoms with van der Waals surface area (Å²) in [4.78, 5) is 11.3. The van der Waals surface area contributed by atoms with Gasteiger partial charge in [-0.25, -0.2) is 4.79 Å². The van der Waals surface area contributed by atoms with Crippen molar-refractivity contribution in [1.29, 1.82) is 0 Å². The molecule has 1 unspecified atom stereocenters. The van der Waals surface area contributed by atoms with E-state index in [2.05, 4.69) is 0 Å². The van der Waals surface area contributed by atoms with Crippen molar-refractivity contribution in [2.75, 3.05) is 12.3 Å². The Hall–Kier alpha value is -1.75. The van der Waals surface area contributed by atoms with Gasteiger partial charge in [0.1, 0.15) is 11.7 Å². The zero-order chi connectivity index (χ0) is 14.2. The summed E-state index contributed by atoms with van der Waals surface area (Å²) in [6.07, 6.45) is 4.91. The molecule has 0 amide bonds. The van der Waals surface area contributed by atoms with Gasteiger partial charge in [0, 0.05) is 12.8 Å². The van der Waals surface area contributed by atoms with E-state index in [9.17, 15) is 9.90 Å². The molecule has 3 N–H and O–H groups in total. The van der Waals surface area contributed by atoms with Gasteiger partial charge in [0.15, 0.2) is 5.75 Å². The maximum absolute atomic E-state index is 11.3. The number of nitrogens with two attached hydrogens (primary N) is 1. The van der Waals surface area contributed by atoms with Crippen molar-refractivity contribution in [3.05, 3.63) is 23.8 Å². The molecule has 108 valence electrons. The standard InChI is InChI=1S/C15H19NO4/c16-12-4-1-3-11(14(17)18)13(12)20-10-5-8-19-15(9-10)6-2-7-15/h1,3-4,10H,2,5-9,16H2,(H,17,18). The molecule has 2 aliphatic rings. The number of para-hydroxylation sites is 1. The van der Waals surface area contributed by atoms with Crippen LogP contribution in [0.2, 0.25) is 0 Å². The Labute approximate surface area is 117 Å². The third-order valence-corrected chi connectivity index (χ3v) is 4.27. The highest BCUT2D eigenvalue weighted by molar-refractivity contribution is 5.93. The van der Waals surface area contributed by atoms with Crippen molar-refractivity contribution in [3.8, 4) is 5.75 Å². The highest BCUT2D eigenvalue weighted by Gasteiger charge is 2.43. The van der Waals surface area contributed by atoms with Gasteiger partial charge in [0.2, 0.25) is 0 Å². The number of benzene rings is 1. The molecule has 2 fully saturated rings. The number of hydrogen-bond donors (Lipinski definition) is 2. The molecule has 1 atom stereocenters. The average Bonchev–Trinajstić information content (AvgIpc) is 2.39. The zero-order valence-corrected chi connectivity index (χ0v) is 11.3. The second-order valence-electron chi connectivity index (χ2n) is 5.65. The molecule has 3 rings (SSSR count). The Morgan fingerprint density at radius 1 is 1.45 bits per heavy atom. The zero-order valence-electron chi connectivity index (χ0n) is 11.3. The van der Waals surface area contributed by atoms with Crippen LogP contribution in [0.15, 0.2) is 18.2 Å². The van der Waals surface area contributed by atoms with E-state index in [1.165, 1.54) is 12.5 Å². The summed E-state index contributed by atoms with van der Waals surface area (Å²) >= 11 is 0. The van der Waals surface area contributed by atoms with Crippen molar-refractivity contribution < 1.29 is 19.4 Å². The van der Waals surface area contributed by atoms with Gasteiger partial charge < -0.3 is 20.3 Å². The molecule has 1 aromatic rings. The quantitative estimate of drug-likeness (QED) is 0.829. The molecule has 5 heteroatoms. The SMILES string of the molecule is Nc1cccc(C(=O)O)c1OC1CCOC2(CCC2)C1. The molecule has 1 aromatic carbocycles. The smallest absolute Gasteiger partial charge is 0.339 e. The largest absolute Gasteiger partial charge is 0.487 e. The first-order chi connectivity index (χ1) is 9.60. The monoisotopic (exact) mass is 277 g/mol. The average molecular weight is 277 g/mol. The lowest BCUT2D eigenvalue weighted by Crippen LogP contribution is -2.48. The van der Waals surface area contributed by atoms with E-state index in [0.29, 0.717) is 18.0 Å². The summed E-state index contributed by atoms with van der Waals surface area (Å²) in [7, 11) is 0. The fraction of sp³-hybridized carbons (Fsp3) is 0.533. The molecule has 1 spiro atoms. The minimum Gasteiger partial charge on any atom is -0.487 e. The number of carbonyl (C=O) groups is 1. The maximum Gasteiger partial charge on any atom is 0.339 e. The highest BCUT2D eigenvalue weighted by Crippen LogP contribution is 2.43. The van der Waals surface area contributed by atoms with Crippen LogP contribution < -0.4 is 10.5 Å². The van der Waals surface area contributed by atoms with Crippen LogP contribution in [-0.4, -0.2) is 29.4 Å². The Kier molecular flexibility index (Phi) is 3.30.